The van der Waals surface area contributed by atoms with E-state index in [0.29, 0.717) is 0 Å². The molecule has 1 aromatic carbocycles. The third-order valence-corrected chi connectivity index (χ3v) is 5.93. The average molecular weight is 612 g/mol. The first-order valence-corrected chi connectivity index (χ1v) is 12.6. The fourth-order valence-corrected chi connectivity index (χ4v) is 4.09. The lowest BCUT2D eigenvalue weighted by atomic mass is 10.1. The van der Waals surface area contributed by atoms with Gasteiger partial charge < -0.3 is 15.7 Å². The average Bonchev–Trinajstić information content (AvgIpc) is 2.81. The number of hydrogen-bond donors (Lipinski definition) is 4. The van der Waals surface area contributed by atoms with Crippen LogP contribution >= 0.6 is 20.7 Å². The van der Waals surface area contributed by atoms with Gasteiger partial charge in [-0.15, -0.1) is 0 Å². The number of rotatable bonds is 12. The van der Waals surface area contributed by atoms with Crippen molar-refractivity contribution in [3.8, 4) is 0 Å². The van der Waals surface area contributed by atoms with Crippen LogP contribution in [0.2, 0.25) is 0 Å². The van der Waals surface area contributed by atoms with Gasteiger partial charge in [0.15, 0.2) is 17.5 Å². The van der Waals surface area contributed by atoms with Crippen LogP contribution in [0.4, 0.5) is 18.9 Å². The van der Waals surface area contributed by atoms with Crippen LogP contribution in [0.15, 0.2) is 27.7 Å². The van der Waals surface area contributed by atoms with Crippen molar-refractivity contribution >= 4 is 48.2 Å². The fraction of sp³-hybridized carbons (Fsp3) is 0.333. The van der Waals surface area contributed by atoms with Gasteiger partial charge in [0.1, 0.15) is 0 Å². The second-order valence-electron chi connectivity index (χ2n) is 6.88. The van der Waals surface area contributed by atoms with E-state index < -0.39 is 80.0 Å². The van der Waals surface area contributed by atoms with Gasteiger partial charge in [-0.2, -0.15) is 0 Å². The number of halogens is 4. The van der Waals surface area contributed by atoms with Crippen LogP contribution < -0.4 is 16.1 Å². The molecule has 10 nitrogen and oxygen atoms in total. The van der Waals surface area contributed by atoms with E-state index in [2.05, 4.69) is 10.6 Å². The number of aliphatic hydroxyl groups excluding tert-OH is 1. The fourth-order valence-electron chi connectivity index (χ4n) is 2.66. The van der Waals surface area contributed by atoms with Crippen LogP contribution in [0.5, 0.6) is 0 Å². The Balaban J connectivity index is 2.40. The second kappa shape index (κ2) is 13.9. The number of nitrogens with zero attached hydrogens (tertiary/aromatic N) is 1. The van der Waals surface area contributed by atoms with Crippen LogP contribution in [-0.2, 0) is 25.8 Å². The number of hydroxylamine groups is 3. The van der Waals surface area contributed by atoms with Crippen LogP contribution in [0, 0.1) is 11.6 Å². The first kappa shape index (κ1) is 28.4. The molecule has 0 saturated carbocycles. The summed E-state index contributed by atoms with van der Waals surface area (Å²) in [6.45, 7) is 1.07. The van der Waals surface area contributed by atoms with Crippen molar-refractivity contribution in [1.82, 2.24) is 15.9 Å². The van der Waals surface area contributed by atoms with E-state index in [0.717, 1.165) is 18.1 Å². The topological polar surface area (TPSA) is 129 Å². The molecule has 1 heterocycles. The van der Waals surface area contributed by atoms with Gasteiger partial charge in [-0.05, 0) is 16.2 Å². The molecule has 0 unspecified atom stereocenters. The quantitative estimate of drug-likeness (QED) is 0.161. The number of aliphatic hydroxyl groups is 1. The van der Waals surface area contributed by atoms with Crippen molar-refractivity contribution in [2.45, 2.75) is 20.4 Å². The minimum atomic E-state index is -1.49. The maximum atomic E-state index is 15.1. The second-order valence-corrected chi connectivity index (χ2v) is 8.94. The summed E-state index contributed by atoms with van der Waals surface area (Å²) in [4.78, 5) is 45.5. The van der Waals surface area contributed by atoms with Crippen LogP contribution in [0.1, 0.15) is 29.8 Å². The molecule has 0 radical (unpaired) electrons. The molecule has 0 bridgehead atoms. The third kappa shape index (κ3) is 8.41. The largest absolute Gasteiger partial charge is 0.394 e. The molecular weight excluding hydrogens is 588 g/mol. The van der Waals surface area contributed by atoms with Crippen molar-refractivity contribution < 1.29 is 42.3 Å². The van der Waals surface area contributed by atoms with Crippen molar-refractivity contribution in [2.75, 3.05) is 31.7 Å². The molecule has 4 N–H and O–H groups in total. The lowest BCUT2D eigenvalue weighted by Crippen LogP contribution is -2.33. The van der Waals surface area contributed by atoms with Gasteiger partial charge in [0, 0.05) is 30.0 Å². The monoisotopic (exact) mass is 612 g/mol. The molecule has 0 saturated heterocycles. The highest BCUT2D eigenvalue weighted by Crippen LogP contribution is 2.30. The van der Waals surface area contributed by atoms with Gasteiger partial charge in [0.05, 0.1) is 43.3 Å². The van der Waals surface area contributed by atoms with Gasteiger partial charge >= 0.3 is 0 Å². The molecule has 0 fully saturated rings. The number of carbonyl (C=O) groups is 3. The molecule has 3 amide bonds. The lowest BCUT2D eigenvalue weighted by molar-refractivity contribution is -0.187. The number of hydrogen-bond acceptors (Lipinski definition) is 7. The molecule has 0 aromatic heterocycles. The highest BCUT2D eigenvalue weighted by atomic mass is 127. The summed E-state index contributed by atoms with van der Waals surface area (Å²) in [5.41, 5.74) is 0.294. The maximum Gasteiger partial charge on any atom is 0.277 e. The Morgan fingerprint density at radius 1 is 1.14 bits per heavy atom. The Morgan fingerprint density at radius 3 is 2.51 bits per heavy atom. The molecule has 14 heteroatoms. The number of benzene rings is 1. The number of nitrogens with one attached hydrogen (secondary N) is 3. The number of allylic oxidation sites excluding steroid dienone is 2. The zero-order valence-corrected chi connectivity index (χ0v) is 20.9. The van der Waals surface area contributed by atoms with Crippen LogP contribution in [0.3, 0.4) is 0 Å². The summed E-state index contributed by atoms with van der Waals surface area (Å²) in [5.74, 6) is -5.55. The molecule has 0 spiro atoms. The number of anilines is 1. The van der Waals surface area contributed by atoms with Gasteiger partial charge in [-0.1, -0.05) is 20.7 Å². The van der Waals surface area contributed by atoms with Gasteiger partial charge in [0.2, 0.25) is 11.8 Å². The Kier molecular flexibility index (Phi) is 11.3. The van der Waals surface area contributed by atoms with Crippen molar-refractivity contribution in [2.24, 2.45) is 0 Å². The van der Waals surface area contributed by atoms with E-state index >= 15 is 4.39 Å². The Hall–Kier alpha value is -2.82. The normalized spacial score (nSPS) is 12.7. The van der Waals surface area contributed by atoms with E-state index in [1.807, 2.05) is 5.48 Å². The van der Waals surface area contributed by atoms with E-state index in [-0.39, 0.29) is 31.4 Å². The summed E-state index contributed by atoms with van der Waals surface area (Å²) < 4.78 is 47.3. The zero-order chi connectivity index (χ0) is 26.0. The van der Waals surface area contributed by atoms with E-state index in [9.17, 15) is 23.2 Å². The molecule has 1 aromatic rings. The van der Waals surface area contributed by atoms with Gasteiger partial charge in [-0.25, -0.2) is 23.7 Å². The SMILES string of the molecule is CC(=O)NCCON(Cc1cc(C(=O)NOCCO)c(NC2=C(F)C=IC=C2)c(F)c1F)C(C)=O. The predicted molar refractivity (Wildman–Crippen MR) is 129 cm³/mol. The van der Waals surface area contributed by atoms with Crippen LogP contribution in [-0.4, -0.2) is 58.3 Å². The smallest absolute Gasteiger partial charge is 0.277 e. The first-order valence-electron chi connectivity index (χ1n) is 10.1. The summed E-state index contributed by atoms with van der Waals surface area (Å²) in [7, 11) is 0. The summed E-state index contributed by atoms with van der Waals surface area (Å²) in [6.07, 6.45) is 1.36. The van der Waals surface area contributed by atoms with Gasteiger partial charge in [-0.3, -0.25) is 24.1 Å². The van der Waals surface area contributed by atoms with Crippen LogP contribution in [0.25, 0.3) is 0 Å². The standard InChI is InChI=1S/C21H24F3IN4O6/c1-12(31)26-5-7-35-29(13(2)32)11-14-9-15(21(33)28-34-8-6-30)20(19(24)18(14)23)27-17-3-4-25-10-16(17)22/h3-4,9-10,27,30H,5-8,11H2,1-2H3,(H,26,31)(H,28,33). The minimum absolute atomic E-state index is 0.0577. The molecule has 0 aliphatic carbocycles. The molecule has 1 aliphatic rings. The van der Waals surface area contributed by atoms with Crippen molar-refractivity contribution in [1.29, 1.82) is 0 Å². The highest BCUT2D eigenvalue weighted by Gasteiger charge is 2.26. The Bertz CT molecular complexity index is 1060. The molecule has 192 valence electrons. The molecular formula is C21H24F3IN4O6. The van der Waals surface area contributed by atoms with Crippen molar-refractivity contribution in [3.63, 3.8) is 0 Å². The Labute approximate surface area is 208 Å². The summed E-state index contributed by atoms with van der Waals surface area (Å²) >= 11 is -0.651. The lowest BCUT2D eigenvalue weighted by Gasteiger charge is -2.22. The van der Waals surface area contributed by atoms with Crippen molar-refractivity contribution in [3.05, 3.63) is 50.5 Å². The van der Waals surface area contributed by atoms with Gasteiger partial charge in [0.25, 0.3) is 5.91 Å². The molecule has 0 atom stereocenters. The maximum absolute atomic E-state index is 15.1. The van der Waals surface area contributed by atoms with E-state index in [1.165, 1.54) is 17.0 Å². The summed E-state index contributed by atoms with van der Waals surface area (Å²) in [6, 6.07) is 0.965. The predicted octanol–water partition coefficient (Wildman–Crippen LogP) is 1.93. The third-order valence-electron chi connectivity index (χ3n) is 4.25. The highest BCUT2D eigenvalue weighted by molar-refractivity contribution is 14.2. The zero-order valence-electron chi connectivity index (χ0n) is 18.8. The molecule has 1 aliphatic heterocycles. The minimum Gasteiger partial charge on any atom is -0.394 e. The summed E-state index contributed by atoms with van der Waals surface area (Å²) in [5, 5.41) is 14.4. The molecule has 35 heavy (non-hydrogen) atoms. The number of amides is 3. The molecule has 2 rings (SSSR count). The number of carbonyl (C=O) groups excluding carboxylic acids is 3. The van der Waals surface area contributed by atoms with E-state index in [4.69, 9.17) is 14.8 Å². The first-order chi connectivity index (χ1) is 16.6. The van der Waals surface area contributed by atoms with E-state index in [1.54, 1.807) is 4.08 Å². The Morgan fingerprint density at radius 2 is 1.89 bits per heavy atom.